The van der Waals surface area contributed by atoms with E-state index >= 15 is 0 Å². The third kappa shape index (κ3) is 3.40. The summed E-state index contributed by atoms with van der Waals surface area (Å²) in [7, 11) is 0. The van der Waals surface area contributed by atoms with Crippen LogP contribution in [0, 0.1) is 5.82 Å². The Morgan fingerprint density at radius 3 is 2.58 bits per heavy atom. The lowest BCUT2D eigenvalue weighted by atomic mass is 9.83. The summed E-state index contributed by atoms with van der Waals surface area (Å²) in [4.78, 5) is 12.2. The molecule has 1 N–H and O–H groups in total. The highest BCUT2D eigenvalue weighted by atomic mass is 35.5. The number of amides is 1. The molecule has 2 nitrogen and oxygen atoms in total. The van der Waals surface area contributed by atoms with Crippen LogP contribution in [0.1, 0.15) is 42.5 Å². The summed E-state index contributed by atoms with van der Waals surface area (Å²) < 4.78 is 13.0. The molecule has 0 atom stereocenters. The minimum Gasteiger partial charge on any atom is -0.345 e. The van der Waals surface area contributed by atoms with Gasteiger partial charge in [-0.3, -0.25) is 4.79 Å². The number of nitrogens with one attached hydrogen (secondary N) is 1. The summed E-state index contributed by atoms with van der Waals surface area (Å²) in [6.45, 7) is 0. The van der Waals surface area contributed by atoms with Crippen LogP contribution in [0.3, 0.4) is 0 Å². The molecule has 0 bridgehead atoms. The fourth-order valence-corrected chi connectivity index (χ4v) is 3.09. The summed E-state index contributed by atoms with van der Waals surface area (Å²) in [6, 6.07) is 3.78. The Labute approximate surface area is 122 Å². The predicted octanol–water partition coefficient (Wildman–Crippen LogP) is 4.15. The highest BCUT2D eigenvalue weighted by molar-refractivity contribution is 6.33. The molecule has 0 unspecified atom stereocenters. The van der Waals surface area contributed by atoms with Crippen LogP contribution in [0.4, 0.5) is 4.39 Å². The lowest BCUT2D eigenvalue weighted by Crippen LogP contribution is -2.51. The van der Waals surface area contributed by atoms with Crippen LogP contribution >= 0.6 is 23.2 Å². The molecule has 1 aliphatic rings. The van der Waals surface area contributed by atoms with Gasteiger partial charge in [-0.25, -0.2) is 4.39 Å². The number of carbonyl (C=O) groups is 1. The van der Waals surface area contributed by atoms with Gasteiger partial charge in [0, 0.05) is 5.88 Å². The van der Waals surface area contributed by atoms with Crippen molar-refractivity contribution in [3.05, 3.63) is 34.6 Å². The Morgan fingerprint density at radius 1 is 1.32 bits per heavy atom. The SMILES string of the molecule is O=C(NC1(CCl)CCCCC1)c1ccc(F)cc1Cl. The number of benzene rings is 1. The molecule has 0 saturated heterocycles. The van der Waals surface area contributed by atoms with Crippen molar-refractivity contribution in [1.29, 1.82) is 0 Å². The first-order valence-electron chi connectivity index (χ1n) is 6.40. The van der Waals surface area contributed by atoms with Gasteiger partial charge in [-0.15, -0.1) is 11.6 Å². The molecule has 1 aliphatic carbocycles. The van der Waals surface area contributed by atoms with Gasteiger partial charge >= 0.3 is 0 Å². The van der Waals surface area contributed by atoms with Crippen LogP contribution in [0.5, 0.6) is 0 Å². The normalized spacial score (nSPS) is 18.1. The molecular formula is C14H16Cl2FNO. The maximum absolute atomic E-state index is 13.0. The quantitative estimate of drug-likeness (QED) is 0.835. The summed E-state index contributed by atoms with van der Waals surface area (Å²) in [5, 5.41) is 3.10. The zero-order chi connectivity index (χ0) is 13.9. The summed E-state index contributed by atoms with van der Waals surface area (Å²) in [5.74, 6) is -0.351. The zero-order valence-corrected chi connectivity index (χ0v) is 12.0. The minimum absolute atomic E-state index is 0.123. The van der Waals surface area contributed by atoms with Crippen molar-refractivity contribution in [3.63, 3.8) is 0 Å². The van der Waals surface area contributed by atoms with Gasteiger partial charge in [0.1, 0.15) is 5.82 Å². The first-order chi connectivity index (χ1) is 9.06. The van der Waals surface area contributed by atoms with Crippen LogP contribution in [0.2, 0.25) is 5.02 Å². The number of carbonyl (C=O) groups excluding carboxylic acids is 1. The van der Waals surface area contributed by atoms with E-state index in [1.54, 1.807) is 0 Å². The van der Waals surface area contributed by atoms with E-state index in [0.717, 1.165) is 31.7 Å². The first kappa shape index (κ1) is 14.6. The fourth-order valence-electron chi connectivity index (χ4n) is 2.50. The van der Waals surface area contributed by atoms with Gasteiger partial charge in [-0.05, 0) is 31.0 Å². The molecule has 1 saturated carbocycles. The number of hydrogen-bond donors (Lipinski definition) is 1. The Hall–Kier alpha value is -0.800. The van der Waals surface area contributed by atoms with Crippen molar-refractivity contribution in [2.45, 2.75) is 37.6 Å². The van der Waals surface area contributed by atoms with Gasteiger partial charge < -0.3 is 5.32 Å². The largest absolute Gasteiger partial charge is 0.345 e. The lowest BCUT2D eigenvalue weighted by Gasteiger charge is -2.36. The molecule has 5 heteroatoms. The average Bonchev–Trinajstić information content (AvgIpc) is 2.39. The monoisotopic (exact) mass is 303 g/mol. The third-order valence-corrected chi connectivity index (χ3v) is 4.45. The van der Waals surface area contributed by atoms with E-state index in [9.17, 15) is 9.18 Å². The average molecular weight is 304 g/mol. The number of halogens is 3. The first-order valence-corrected chi connectivity index (χ1v) is 7.31. The van der Waals surface area contributed by atoms with Crippen molar-refractivity contribution in [2.75, 3.05) is 5.88 Å². The number of alkyl halides is 1. The molecule has 0 aromatic heterocycles. The Kier molecular flexibility index (Phi) is 4.69. The lowest BCUT2D eigenvalue weighted by molar-refractivity contribution is 0.0885. The van der Waals surface area contributed by atoms with Gasteiger partial charge in [-0.1, -0.05) is 30.9 Å². The van der Waals surface area contributed by atoms with E-state index in [-0.39, 0.29) is 22.0 Å². The Morgan fingerprint density at radius 2 is 2.00 bits per heavy atom. The van der Waals surface area contributed by atoms with Gasteiger partial charge in [0.25, 0.3) is 5.91 Å². The molecular weight excluding hydrogens is 288 g/mol. The molecule has 1 amide bonds. The second kappa shape index (κ2) is 6.10. The molecule has 104 valence electrons. The van der Waals surface area contributed by atoms with Gasteiger partial charge in [-0.2, -0.15) is 0 Å². The van der Waals surface area contributed by atoms with Crippen LogP contribution < -0.4 is 5.32 Å². The zero-order valence-electron chi connectivity index (χ0n) is 10.5. The smallest absolute Gasteiger partial charge is 0.253 e. The third-order valence-electron chi connectivity index (χ3n) is 3.62. The maximum atomic E-state index is 13.0. The van der Waals surface area contributed by atoms with Crippen molar-refractivity contribution < 1.29 is 9.18 Å². The topological polar surface area (TPSA) is 29.1 Å². The van der Waals surface area contributed by atoms with Gasteiger partial charge in [0.2, 0.25) is 0 Å². The second-order valence-electron chi connectivity index (χ2n) is 5.05. The predicted molar refractivity (Wildman–Crippen MR) is 75.4 cm³/mol. The molecule has 2 rings (SSSR count). The summed E-state index contributed by atoms with van der Waals surface area (Å²) in [5.41, 5.74) is -0.0626. The molecule has 0 spiro atoms. The molecule has 1 aromatic carbocycles. The maximum Gasteiger partial charge on any atom is 0.253 e. The van der Waals surface area contributed by atoms with Crippen molar-refractivity contribution in [2.24, 2.45) is 0 Å². The highest BCUT2D eigenvalue weighted by Gasteiger charge is 2.33. The Bertz CT molecular complexity index is 473. The van der Waals surface area contributed by atoms with Crippen molar-refractivity contribution >= 4 is 29.1 Å². The molecule has 0 heterocycles. The van der Waals surface area contributed by atoms with E-state index in [4.69, 9.17) is 23.2 Å². The van der Waals surface area contributed by atoms with Crippen LogP contribution in [0.15, 0.2) is 18.2 Å². The van der Waals surface area contributed by atoms with E-state index < -0.39 is 5.82 Å². The van der Waals surface area contributed by atoms with Gasteiger partial charge in [0.15, 0.2) is 0 Å². The Balaban J connectivity index is 2.15. The standard InChI is InChI=1S/C14H16Cl2FNO/c15-9-14(6-2-1-3-7-14)18-13(19)11-5-4-10(17)8-12(11)16/h4-5,8H,1-3,6-7,9H2,(H,18,19). The molecule has 1 fully saturated rings. The number of hydrogen-bond acceptors (Lipinski definition) is 1. The summed E-state index contributed by atoms with van der Waals surface area (Å²) >= 11 is 11.9. The van der Waals surface area contributed by atoms with Crippen LogP contribution in [-0.4, -0.2) is 17.3 Å². The molecule has 19 heavy (non-hydrogen) atoms. The summed E-state index contributed by atoms with van der Waals surface area (Å²) in [6.07, 6.45) is 5.04. The van der Waals surface area contributed by atoms with E-state index in [2.05, 4.69) is 5.32 Å². The molecule has 0 aliphatic heterocycles. The van der Waals surface area contributed by atoms with Gasteiger partial charge in [0.05, 0.1) is 16.1 Å². The van der Waals surface area contributed by atoms with Crippen LogP contribution in [0.25, 0.3) is 0 Å². The molecule has 1 aromatic rings. The van der Waals surface area contributed by atoms with Crippen molar-refractivity contribution in [3.8, 4) is 0 Å². The van der Waals surface area contributed by atoms with E-state index in [1.807, 2.05) is 0 Å². The minimum atomic E-state index is -0.453. The second-order valence-corrected chi connectivity index (χ2v) is 5.73. The highest BCUT2D eigenvalue weighted by Crippen LogP contribution is 2.30. The van der Waals surface area contributed by atoms with E-state index in [0.29, 0.717) is 5.88 Å². The fraction of sp³-hybridized carbons (Fsp3) is 0.500. The van der Waals surface area contributed by atoms with Crippen molar-refractivity contribution in [1.82, 2.24) is 5.32 Å². The van der Waals surface area contributed by atoms with E-state index in [1.165, 1.54) is 18.6 Å². The molecule has 0 radical (unpaired) electrons. The van der Waals surface area contributed by atoms with Crippen LogP contribution in [-0.2, 0) is 0 Å². The number of rotatable bonds is 3.